The molecular formula is C22H29ClFN7O2. The molecule has 0 aromatic rings. The number of ether oxygens (including phenoxy) is 1. The van der Waals surface area contributed by atoms with Gasteiger partial charge in [0.2, 0.25) is 5.91 Å². The van der Waals surface area contributed by atoms with Crippen LogP contribution in [0, 0.1) is 5.41 Å². The summed E-state index contributed by atoms with van der Waals surface area (Å²) in [6.45, 7) is 2.73. The molecule has 5 rings (SSSR count). The highest BCUT2D eigenvalue weighted by Gasteiger charge is 2.45. The first-order valence-corrected chi connectivity index (χ1v) is 11.6. The molecule has 1 amide bonds. The molecule has 2 fully saturated rings. The third-order valence-electron chi connectivity index (χ3n) is 6.73. The second kappa shape index (κ2) is 8.34. The third-order valence-corrected chi connectivity index (χ3v) is 6.95. The predicted molar refractivity (Wildman–Crippen MR) is 123 cm³/mol. The van der Waals surface area contributed by atoms with Gasteiger partial charge in [-0.1, -0.05) is 11.6 Å². The first-order chi connectivity index (χ1) is 15.7. The van der Waals surface area contributed by atoms with E-state index in [0.29, 0.717) is 42.7 Å². The number of carbonyl (C=O) groups excluding carboxylic acids is 1. The van der Waals surface area contributed by atoms with Gasteiger partial charge in [-0.2, -0.15) is 0 Å². The first kappa shape index (κ1) is 22.2. The zero-order valence-electron chi connectivity index (χ0n) is 18.4. The van der Waals surface area contributed by atoms with Gasteiger partial charge in [0.05, 0.1) is 35.9 Å². The fourth-order valence-corrected chi connectivity index (χ4v) is 4.91. The summed E-state index contributed by atoms with van der Waals surface area (Å²) in [5, 5.41) is 16.2. The van der Waals surface area contributed by atoms with Crippen LogP contribution in [0.2, 0.25) is 0 Å². The summed E-state index contributed by atoms with van der Waals surface area (Å²) < 4.78 is 19.9. The maximum atomic E-state index is 14.7. The summed E-state index contributed by atoms with van der Waals surface area (Å²) in [6, 6.07) is -0.0926. The summed E-state index contributed by atoms with van der Waals surface area (Å²) >= 11 is 6.14. The number of nitrogens with zero attached hydrogens (tertiary/aromatic N) is 1. The minimum Gasteiger partial charge on any atom is -0.379 e. The lowest BCUT2D eigenvalue weighted by atomic mass is 9.82. The van der Waals surface area contributed by atoms with E-state index in [4.69, 9.17) is 22.1 Å². The van der Waals surface area contributed by atoms with Crippen molar-refractivity contribution in [3.05, 3.63) is 45.9 Å². The number of hydrogen-bond donors (Lipinski definition) is 6. The molecule has 5 aliphatic rings. The van der Waals surface area contributed by atoms with Gasteiger partial charge < -0.3 is 37.1 Å². The summed E-state index contributed by atoms with van der Waals surface area (Å²) in [4.78, 5) is 17.1. The number of amides is 1. The molecule has 0 bridgehead atoms. The molecule has 11 heteroatoms. The lowest BCUT2D eigenvalue weighted by Crippen LogP contribution is -2.65. The van der Waals surface area contributed by atoms with E-state index >= 15 is 0 Å². The Morgan fingerprint density at radius 3 is 3.00 bits per heavy atom. The number of rotatable bonds is 4. The topological polar surface area (TPSA) is 125 Å². The Morgan fingerprint density at radius 1 is 1.42 bits per heavy atom. The van der Waals surface area contributed by atoms with Crippen LogP contribution in [0.15, 0.2) is 50.9 Å². The van der Waals surface area contributed by atoms with Crippen molar-refractivity contribution in [1.82, 2.24) is 26.6 Å². The highest BCUT2D eigenvalue weighted by Crippen LogP contribution is 2.31. The molecule has 7 N–H and O–H groups in total. The number of halogens is 2. The molecule has 0 aromatic carbocycles. The van der Waals surface area contributed by atoms with Crippen molar-refractivity contribution in [3.63, 3.8) is 0 Å². The maximum absolute atomic E-state index is 14.7. The highest BCUT2D eigenvalue weighted by atomic mass is 35.5. The van der Waals surface area contributed by atoms with Gasteiger partial charge in [0.15, 0.2) is 5.83 Å². The molecule has 0 aromatic heterocycles. The van der Waals surface area contributed by atoms with Gasteiger partial charge in [-0.3, -0.25) is 9.79 Å². The van der Waals surface area contributed by atoms with Gasteiger partial charge in [0, 0.05) is 36.0 Å². The first-order valence-electron chi connectivity index (χ1n) is 11.2. The van der Waals surface area contributed by atoms with Crippen molar-refractivity contribution in [2.45, 2.75) is 50.5 Å². The van der Waals surface area contributed by atoms with Crippen molar-refractivity contribution >= 4 is 23.7 Å². The van der Waals surface area contributed by atoms with E-state index in [1.54, 1.807) is 12.4 Å². The van der Waals surface area contributed by atoms with Crippen LogP contribution in [0.25, 0.3) is 0 Å². The van der Waals surface area contributed by atoms with Crippen LogP contribution in [0.5, 0.6) is 0 Å². The fraction of sp³-hybridized carbons (Fsp3) is 0.545. The van der Waals surface area contributed by atoms with Gasteiger partial charge in [-0.25, -0.2) is 4.39 Å². The normalized spacial score (nSPS) is 34.7. The van der Waals surface area contributed by atoms with Gasteiger partial charge in [0.25, 0.3) is 0 Å². The van der Waals surface area contributed by atoms with E-state index in [0.717, 1.165) is 24.0 Å². The summed E-state index contributed by atoms with van der Waals surface area (Å²) in [7, 11) is 0. The molecule has 1 aliphatic carbocycles. The number of allylic oxidation sites excluding steroid dienone is 2. The van der Waals surface area contributed by atoms with Gasteiger partial charge >= 0.3 is 0 Å². The number of nitrogens with two attached hydrogens (primary N) is 1. The molecule has 4 aliphatic heterocycles. The van der Waals surface area contributed by atoms with Crippen LogP contribution in [0.3, 0.4) is 0 Å². The minimum absolute atomic E-state index is 0.0481. The Balaban J connectivity index is 1.27. The lowest BCUT2D eigenvalue weighted by molar-refractivity contribution is -0.160. The molecule has 1 saturated heterocycles. The molecule has 1 unspecified atom stereocenters. The summed E-state index contributed by atoms with van der Waals surface area (Å²) in [6.07, 6.45) is 7.91. The van der Waals surface area contributed by atoms with Gasteiger partial charge in [-0.15, -0.1) is 0 Å². The average molecular weight is 478 g/mol. The quantitative estimate of drug-likeness (QED) is 0.332. The molecule has 1 saturated carbocycles. The molecule has 3 atom stereocenters. The molecule has 4 heterocycles. The second-order valence-electron chi connectivity index (χ2n) is 9.62. The molecule has 0 radical (unpaired) electrons. The number of fused-ring (bicyclic) bond motifs is 1. The Hall–Kier alpha value is -2.56. The van der Waals surface area contributed by atoms with Crippen LogP contribution in [0.1, 0.15) is 32.6 Å². The standard InChI is InChI=1S/C22H29ClFN7O2/c1-21(10-33-11-21)20(32)31-22(25)4-2-3-13(6-22)29-19-16(24)9-28-18(30-19)15-8-27-17-14(15)5-12(23)7-26-17/h5,7-8,13,17,26,28-30H,2-4,6,9-11,25H2,1H3,(H,31,32)/t13-,17?,22+/m0/s1. The second-order valence-corrected chi connectivity index (χ2v) is 10.1. The predicted octanol–water partition coefficient (Wildman–Crippen LogP) is 0.890. The number of carbonyl (C=O) groups is 1. The molecule has 9 nitrogen and oxygen atoms in total. The number of nitrogens with one attached hydrogen (secondary N) is 5. The third kappa shape index (κ3) is 4.34. The minimum atomic E-state index is -0.843. The lowest BCUT2D eigenvalue weighted by Gasteiger charge is -2.44. The molecular weight excluding hydrogens is 449 g/mol. The highest BCUT2D eigenvalue weighted by molar-refractivity contribution is 6.31. The number of dihydropyridines is 1. The van der Waals surface area contributed by atoms with E-state index < -0.39 is 11.1 Å². The largest absolute Gasteiger partial charge is 0.379 e. The van der Waals surface area contributed by atoms with Crippen molar-refractivity contribution in [1.29, 1.82) is 0 Å². The van der Waals surface area contributed by atoms with Crippen LogP contribution in [0.4, 0.5) is 4.39 Å². The zero-order valence-corrected chi connectivity index (χ0v) is 19.2. The van der Waals surface area contributed by atoms with Crippen molar-refractivity contribution in [2.24, 2.45) is 16.1 Å². The maximum Gasteiger partial charge on any atom is 0.232 e. The van der Waals surface area contributed by atoms with Crippen molar-refractivity contribution in [3.8, 4) is 0 Å². The Labute approximate surface area is 196 Å². The van der Waals surface area contributed by atoms with Gasteiger partial charge in [-0.05, 0) is 32.3 Å². The zero-order chi connectivity index (χ0) is 23.2. The monoisotopic (exact) mass is 477 g/mol. The summed E-state index contributed by atoms with van der Waals surface area (Å²) in [5.74, 6) is 0.548. The van der Waals surface area contributed by atoms with Crippen LogP contribution < -0.4 is 32.3 Å². The van der Waals surface area contributed by atoms with E-state index in [-0.39, 0.29) is 30.5 Å². The Kier molecular flexibility index (Phi) is 5.62. The van der Waals surface area contributed by atoms with Crippen LogP contribution >= 0.6 is 11.6 Å². The van der Waals surface area contributed by atoms with E-state index in [2.05, 4.69) is 31.6 Å². The van der Waals surface area contributed by atoms with Crippen LogP contribution in [-0.4, -0.2) is 49.8 Å². The molecule has 178 valence electrons. The summed E-state index contributed by atoms with van der Waals surface area (Å²) in [5.41, 5.74) is 6.93. The van der Waals surface area contributed by atoms with Crippen LogP contribution in [-0.2, 0) is 9.53 Å². The van der Waals surface area contributed by atoms with Crippen molar-refractivity contribution in [2.75, 3.05) is 19.8 Å². The SMILES string of the molecule is CC1(C(=O)N[C@]2(N)CCC[C@H](NC3=C(F)CNC(=C4C=NC5NC=C(Cl)C=C45)N3)C2)COC1. The Morgan fingerprint density at radius 2 is 2.24 bits per heavy atom. The number of hydrogen-bond acceptors (Lipinski definition) is 8. The molecule has 0 spiro atoms. The number of aliphatic imine (C=N–C) groups is 1. The molecule has 33 heavy (non-hydrogen) atoms. The van der Waals surface area contributed by atoms with Crippen molar-refractivity contribution < 1.29 is 13.9 Å². The van der Waals surface area contributed by atoms with E-state index in [1.807, 2.05) is 13.0 Å². The smallest absolute Gasteiger partial charge is 0.232 e. The van der Waals surface area contributed by atoms with Gasteiger partial charge in [0.1, 0.15) is 17.8 Å². The Bertz CT molecular complexity index is 1020. The fourth-order valence-electron chi connectivity index (χ4n) is 4.73. The average Bonchev–Trinajstić information content (AvgIpc) is 3.16. The van der Waals surface area contributed by atoms with E-state index in [9.17, 15) is 9.18 Å². The van der Waals surface area contributed by atoms with E-state index in [1.165, 1.54) is 0 Å².